The molecule has 0 aliphatic heterocycles. The van der Waals surface area contributed by atoms with Crippen LogP contribution in [0, 0.1) is 5.92 Å². The Morgan fingerprint density at radius 3 is 2.00 bits per heavy atom. The molecule has 3 atom stereocenters. The summed E-state index contributed by atoms with van der Waals surface area (Å²) in [5.74, 6) is -3.16. The van der Waals surface area contributed by atoms with Gasteiger partial charge in [-0.25, -0.2) is 4.79 Å². The van der Waals surface area contributed by atoms with Crippen molar-refractivity contribution in [2.24, 2.45) is 17.4 Å². The molecule has 0 fully saturated rings. The molecule has 3 amide bonds. The van der Waals surface area contributed by atoms with Crippen molar-refractivity contribution < 1.29 is 24.3 Å². The van der Waals surface area contributed by atoms with E-state index in [1.807, 2.05) is 13.8 Å². The summed E-state index contributed by atoms with van der Waals surface area (Å²) in [6, 6.07) is -3.18. The average Bonchev–Trinajstić information content (AvgIpc) is 2.35. The van der Waals surface area contributed by atoms with Crippen molar-refractivity contribution in [3.8, 4) is 0 Å². The summed E-state index contributed by atoms with van der Waals surface area (Å²) in [5, 5.41) is 13.7. The third-order valence-corrected chi connectivity index (χ3v) is 2.83. The fourth-order valence-corrected chi connectivity index (χ4v) is 1.69. The molecule has 0 aliphatic carbocycles. The van der Waals surface area contributed by atoms with Crippen molar-refractivity contribution in [1.29, 1.82) is 0 Å². The number of hydrogen-bond acceptors (Lipinski definition) is 5. The lowest BCUT2D eigenvalue weighted by Crippen LogP contribution is -2.53. The number of carbonyl (C=O) groups is 4. The molecule has 7 N–H and O–H groups in total. The van der Waals surface area contributed by atoms with Gasteiger partial charge in [-0.1, -0.05) is 13.8 Å². The third kappa shape index (κ3) is 7.58. The molecule has 0 saturated carbocycles. The average molecular weight is 316 g/mol. The molecular weight excluding hydrogens is 292 g/mol. The number of hydrogen-bond donors (Lipinski definition) is 5. The second-order valence-electron chi connectivity index (χ2n) is 5.54. The normalized spacial score (nSPS) is 14.8. The third-order valence-electron chi connectivity index (χ3n) is 2.83. The molecule has 9 heteroatoms. The molecule has 0 aliphatic rings. The SMILES string of the molecule is CC(C)C[C@H](NC(=O)[C@H](C)NC(=O)[C@@H](N)CC(N)=O)C(=O)O. The van der Waals surface area contributed by atoms with Gasteiger partial charge in [-0.05, 0) is 19.3 Å². The zero-order valence-corrected chi connectivity index (χ0v) is 13.0. The van der Waals surface area contributed by atoms with Crippen LogP contribution in [0.25, 0.3) is 0 Å². The molecule has 0 aromatic heterocycles. The van der Waals surface area contributed by atoms with Crippen molar-refractivity contribution in [2.75, 3.05) is 0 Å². The molecule has 0 aromatic carbocycles. The van der Waals surface area contributed by atoms with Crippen LogP contribution >= 0.6 is 0 Å². The molecule has 0 aromatic rings. The molecular formula is C13H24N4O5. The van der Waals surface area contributed by atoms with Gasteiger partial charge in [0, 0.05) is 0 Å². The number of aliphatic carboxylic acids is 1. The summed E-state index contributed by atoms with van der Waals surface area (Å²) < 4.78 is 0. The number of rotatable bonds is 9. The molecule has 0 rings (SSSR count). The number of primary amides is 1. The van der Waals surface area contributed by atoms with Crippen LogP contribution in [0.15, 0.2) is 0 Å². The van der Waals surface area contributed by atoms with Crippen LogP contribution in [-0.4, -0.2) is 46.9 Å². The highest BCUT2D eigenvalue weighted by atomic mass is 16.4. The van der Waals surface area contributed by atoms with Crippen LogP contribution in [0.1, 0.15) is 33.6 Å². The van der Waals surface area contributed by atoms with Crippen molar-refractivity contribution in [3.63, 3.8) is 0 Å². The van der Waals surface area contributed by atoms with Crippen molar-refractivity contribution in [2.45, 2.75) is 51.7 Å². The number of amides is 3. The maximum absolute atomic E-state index is 11.9. The van der Waals surface area contributed by atoms with E-state index in [4.69, 9.17) is 16.6 Å². The summed E-state index contributed by atoms with van der Waals surface area (Å²) in [7, 11) is 0. The van der Waals surface area contributed by atoms with E-state index < -0.39 is 41.8 Å². The van der Waals surface area contributed by atoms with Crippen molar-refractivity contribution >= 4 is 23.7 Å². The van der Waals surface area contributed by atoms with Crippen LogP contribution in [0.5, 0.6) is 0 Å². The Kier molecular flexibility index (Phi) is 8.10. The van der Waals surface area contributed by atoms with Gasteiger partial charge in [-0.3, -0.25) is 14.4 Å². The lowest BCUT2D eigenvalue weighted by Gasteiger charge is -2.21. The van der Waals surface area contributed by atoms with Gasteiger partial charge >= 0.3 is 5.97 Å². The number of carboxylic acid groups (broad SMARTS) is 1. The van der Waals surface area contributed by atoms with Gasteiger partial charge in [-0.2, -0.15) is 0 Å². The van der Waals surface area contributed by atoms with E-state index in [0.29, 0.717) is 0 Å². The largest absolute Gasteiger partial charge is 0.480 e. The maximum Gasteiger partial charge on any atom is 0.326 e. The topological polar surface area (TPSA) is 165 Å². The first-order valence-corrected chi connectivity index (χ1v) is 6.92. The molecule has 0 saturated heterocycles. The minimum Gasteiger partial charge on any atom is -0.480 e. The van der Waals surface area contributed by atoms with Gasteiger partial charge < -0.3 is 27.2 Å². The molecule has 9 nitrogen and oxygen atoms in total. The smallest absolute Gasteiger partial charge is 0.326 e. The zero-order chi connectivity index (χ0) is 17.4. The Bertz CT molecular complexity index is 438. The Labute approximate surface area is 128 Å². The second kappa shape index (κ2) is 8.98. The fraction of sp³-hybridized carbons (Fsp3) is 0.692. The minimum atomic E-state index is -1.15. The van der Waals surface area contributed by atoms with Crippen LogP contribution in [0.4, 0.5) is 0 Å². The van der Waals surface area contributed by atoms with Crippen LogP contribution in [-0.2, 0) is 19.2 Å². The van der Waals surface area contributed by atoms with E-state index in [0.717, 1.165) is 0 Å². The minimum absolute atomic E-state index is 0.0790. The Hall–Kier alpha value is -2.16. The van der Waals surface area contributed by atoms with Gasteiger partial charge in [0.05, 0.1) is 12.5 Å². The lowest BCUT2D eigenvalue weighted by atomic mass is 10.0. The van der Waals surface area contributed by atoms with E-state index in [1.165, 1.54) is 6.92 Å². The molecule has 0 spiro atoms. The summed E-state index contributed by atoms with van der Waals surface area (Å²) in [4.78, 5) is 45.3. The van der Waals surface area contributed by atoms with Crippen molar-refractivity contribution in [1.82, 2.24) is 10.6 Å². The van der Waals surface area contributed by atoms with Crippen LogP contribution in [0.3, 0.4) is 0 Å². The van der Waals surface area contributed by atoms with Gasteiger partial charge in [0.2, 0.25) is 17.7 Å². The molecule has 0 bridgehead atoms. The molecule has 126 valence electrons. The highest BCUT2D eigenvalue weighted by Gasteiger charge is 2.26. The van der Waals surface area contributed by atoms with E-state index in [9.17, 15) is 19.2 Å². The first-order valence-electron chi connectivity index (χ1n) is 6.92. The Balaban J connectivity index is 4.55. The fourth-order valence-electron chi connectivity index (χ4n) is 1.69. The predicted molar refractivity (Wildman–Crippen MR) is 78.4 cm³/mol. The van der Waals surface area contributed by atoms with Crippen LogP contribution in [0.2, 0.25) is 0 Å². The second-order valence-corrected chi connectivity index (χ2v) is 5.54. The number of carboxylic acids is 1. The van der Waals surface area contributed by atoms with Gasteiger partial charge in [0.25, 0.3) is 0 Å². The van der Waals surface area contributed by atoms with E-state index in [-0.39, 0.29) is 18.8 Å². The van der Waals surface area contributed by atoms with E-state index in [2.05, 4.69) is 10.6 Å². The molecule has 0 unspecified atom stereocenters. The summed E-state index contributed by atoms with van der Waals surface area (Å²) in [6.45, 7) is 5.05. The summed E-state index contributed by atoms with van der Waals surface area (Å²) in [6.07, 6.45) is -0.0752. The van der Waals surface area contributed by atoms with Gasteiger partial charge in [0.1, 0.15) is 12.1 Å². The molecule has 0 heterocycles. The highest BCUT2D eigenvalue weighted by molar-refractivity contribution is 5.93. The first kappa shape index (κ1) is 19.8. The highest BCUT2D eigenvalue weighted by Crippen LogP contribution is 2.05. The number of nitrogens with two attached hydrogens (primary N) is 2. The predicted octanol–water partition coefficient (Wildman–Crippen LogP) is -1.69. The molecule has 22 heavy (non-hydrogen) atoms. The van der Waals surface area contributed by atoms with Crippen LogP contribution < -0.4 is 22.1 Å². The van der Waals surface area contributed by atoms with Gasteiger partial charge in [0.15, 0.2) is 0 Å². The van der Waals surface area contributed by atoms with E-state index >= 15 is 0 Å². The molecule has 0 radical (unpaired) electrons. The van der Waals surface area contributed by atoms with Gasteiger partial charge in [-0.15, -0.1) is 0 Å². The lowest BCUT2D eigenvalue weighted by molar-refractivity contribution is -0.142. The monoisotopic (exact) mass is 316 g/mol. The quantitative estimate of drug-likeness (QED) is 0.340. The number of nitrogens with one attached hydrogen (secondary N) is 2. The summed E-state index contributed by atoms with van der Waals surface area (Å²) >= 11 is 0. The van der Waals surface area contributed by atoms with Crippen molar-refractivity contribution in [3.05, 3.63) is 0 Å². The standard InChI is InChI=1S/C13H24N4O5/c1-6(2)4-9(13(21)22)17-11(19)7(3)16-12(20)8(14)5-10(15)18/h6-9H,4-5,14H2,1-3H3,(H2,15,18)(H,16,20)(H,17,19)(H,21,22)/t7-,8-,9-/m0/s1. The van der Waals surface area contributed by atoms with E-state index in [1.54, 1.807) is 0 Å². The summed E-state index contributed by atoms with van der Waals surface area (Å²) in [5.41, 5.74) is 10.4. The zero-order valence-electron chi connectivity index (χ0n) is 13.0. The first-order chi connectivity index (χ1) is 10.0. The number of carbonyl (C=O) groups excluding carboxylic acids is 3. The maximum atomic E-state index is 11.9. The Morgan fingerprint density at radius 1 is 1.05 bits per heavy atom. The Morgan fingerprint density at radius 2 is 1.59 bits per heavy atom.